The summed E-state index contributed by atoms with van der Waals surface area (Å²) in [5, 5.41) is 4.37. The fourth-order valence-corrected chi connectivity index (χ4v) is 5.60. The van der Waals surface area contributed by atoms with Crippen molar-refractivity contribution in [1.29, 1.82) is 0 Å². The van der Waals surface area contributed by atoms with E-state index in [-0.39, 0.29) is 15.7 Å². The molecule has 2 aromatic rings. The van der Waals surface area contributed by atoms with E-state index in [1.807, 2.05) is 24.3 Å². The molecule has 0 aliphatic carbocycles. The van der Waals surface area contributed by atoms with Crippen LogP contribution in [-0.2, 0) is 23.0 Å². The first kappa shape index (κ1) is 18.1. The molecule has 0 bridgehead atoms. The van der Waals surface area contributed by atoms with Gasteiger partial charge in [-0.15, -0.1) is 11.3 Å². The lowest BCUT2D eigenvalue weighted by molar-refractivity contribution is 0.0954. The van der Waals surface area contributed by atoms with Gasteiger partial charge in [0, 0.05) is 19.6 Å². The fourth-order valence-electron chi connectivity index (χ4n) is 2.86. The highest BCUT2D eigenvalue weighted by atomic mass is 32.2. The maximum Gasteiger partial charge on any atom is 0.262 e. The lowest BCUT2D eigenvalue weighted by atomic mass is 10.0. The number of amides is 1. The number of hydrogen-bond acceptors (Lipinski definition) is 5. The van der Waals surface area contributed by atoms with Gasteiger partial charge >= 0.3 is 0 Å². The molecule has 0 saturated carbocycles. The first-order chi connectivity index (χ1) is 12.0. The molecule has 0 spiro atoms. The Hall–Kier alpha value is -1.74. The minimum absolute atomic E-state index is 0.0853. The van der Waals surface area contributed by atoms with Crippen molar-refractivity contribution in [3.05, 3.63) is 51.7 Å². The maximum atomic E-state index is 13.0. The molecule has 134 valence electrons. The third-order valence-corrected chi connectivity index (χ3v) is 7.15. The van der Waals surface area contributed by atoms with Crippen molar-refractivity contribution in [3.8, 4) is 0 Å². The Morgan fingerprint density at radius 1 is 1.24 bits per heavy atom. The minimum Gasteiger partial charge on any atom is -0.351 e. The van der Waals surface area contributed by atoms with Crippen molar-refractivity contribution in [2.75, 3.05) is 19.6 Å². The molecule has 3 N–H and O–H groups in total. The zero-order chi connectivity index (χ0) is 17.9. The number of carbonyl (C=O) groups excluding carboxylic acids is 1. The van der Waals surface area contributed by atoms with Crippen molar-refractivity contribution in [1.82, 2.24) is 9.62 Å². The number of nitrogens with two attached hydrogens (primary N) is 1. The van der Waals surface area contributed by atoms with Crippen LogP contribution in [0.2, 0.25) is 0 Å². The molecular weight excluding hydrogens is 358 g/mol. The van der Waals surface area contributed by atoms with Gasteiger partial charge in [-0.25, -0.2) is 8.42 Å². The molecule has 0 saturated heterocycles. The van der Waals surface area contributed by atoms with E-state index in [1.165, 1.54) is 15.9 Å². The summed E-state index contributed by atoms with van der Waals surface area (Å²) in [6, 6.07) is 9.37. The first-order valence-corrected chi connectivity index (χ1v) is 10.5. The van der Waals surface area contributed by atoms with E-state index in [0.29, 0.717) is 39.0 Å². The van der Waals surface area contributed by atoms with Gasteiger partial charge in [-0.1, -0.05) is 24.3 Å². The summed E-state index contributed by atoms with van der Waals surface area (Å²) in [5.41, 5.74) is 7.61. The van der Waals surface area contributed by atoms with E-state index in [1.54, 1.807) is 5.38 Å². The van der Waals surface area contributed by atoms with Crippen LogP contribution in [0, 0.1) is 0 Å². The quantitative estimate of drug-likeness (QED) is 0.745. The summed E-state index contributed by atoms with van der Waals surface area (Å²) in [5.74, 6) is -0.362. The number of benzene rings is 1. The summed E-state index contributed by atoms with van der Waals surface area (Å²) in [6.45, 7) is 1.67. The Bertz CT molecular complexity index is 862. The fraction of sp³-hybridized carbons (Fsp3) is 0.353. The van der Waals surface area contributed by atoms with E-state index < -0.39 is 10.0 Å². The van der Waals surface area contributed by atoms with Crippen LogP contribution in [0.25, 0.3) is 0 Å². The number of thiophene rings is 1. The van der Waals surface area contributed by atoms with Gasteiger partial charge in [-0.05, 0) is 42.0 Å². The predicted molar refractivity (Wildman–Crippen MR) is 98.1 cm³/mol. The molecule has 0 atom stereocenters. The smallest absolute Gasteiger partial charge is 0.262 e. The average Bonchev–Trinajstić information content (AvgIpc) is 3.12. The van der Waals surface area contributed by atoms with Crippen LogP contribution < -0.4 is 11.1 Å². The van der Waals surface area contributed by atoms with Crippen molar-refractivity contribution in [3.63, 3.8) is 0 Å². The molecule has 3 rings (SSSR count). The van der Waals surface area contributed by atoms with Crippen LogP contribution in [0.5, 0.6) is 0 Å². The molecule has 0 radical (unpaired) electrons. The number of rotatable bonds is 6. The number of fused-ring (bicyclic) bond motifs is 1. The largest absolute Gasteiger partial charge is 0.351 e. The Labute approximate surface area is 151 Å². The Kier molecular flexibility index (Phi) is 5.53. The molecule has 6 nitrogen and oxygen atoms in total. The molecule has 2 heterocycles. The molecule has 1 aliphatic rings. The van der Waals surface area contributed by atoms with Gasteiger partial charge in [0.1, 0.15) is 9.77 Å². The second kappa shape index (κ2) is 7.65. The zero-order valence-electron chi connectivity index (χ0n) is 13.8. The number of nitrogens with zero attached hydrogens (tertiary/aromatic N) is 1. The molecule has 0 fully saturated rings. The zero-order valence-corrected chi connectivity index (χ0v) is 15.4. The SMILES string of the molecule is NCCCNC(=O)c1sccc1S(=O)(=O)N1CCc2ccccc2C1. The highest BCUT2D eigenvalue weighted by Gasteiger charge is 2.32. The molecule has 8 heteroatoms. The predicted octanol–water partition coefficient (Wildman–Crippen LogP) is 1.57. The van der Waals surface area contributed by atoms with Crippen molar-refractivity contribution in [2.24, 2.45) is 5.73 Å². The normalized spacial score (nSPS) is 14.9. The second-order valence-electron chi connectivity index (χ2n) is 5.87. The summed E-state index contributed by atoms with van der Waals surface area (Å²) >= 11 is 1.14. The van der Waals surface area contributed by atoms with Crippen LogP contribution in [0.4, 0.5) is 0 Å². The van der Waals surface area contributed by atoms with E-state index in [0.717, 1.165) is 16.9 Å². The Balaban J connectivity index is 1.82. The maximum absolute atomic E-state index is 13.0. The highest BCUT2D eigenvalue weighted by molar-refractivity contribution is 7.89. The summed E-state index contributed by atoms with van der Waals surface area (Å²) < 4.78 is 27.5. The number of nitrogens with one attached hydrogen (secondary N) is 1. The molecule has 1 aromatic heterocycles. The third kappa shape index (κ3) is 3.77. The third-order valence-electron chi connectivity index (χ3n) is 4.22. The lowest BCUT2D eigenvalue weighted by Gasteiger charge is -2.28. The van der Waals surface area contributed by atoms with Gasteiger partial charge in [-0.3, -0.25) is 4.79 Å². The molecule has 0 unspecified atom stereocenters. The van der Waals surface area contributed by atoms with Crippen LogP contribution in [0.1, 0.15) is 27.2 Å². The number of sulfonamides is 1. The van der Waals surface area contributed by atoms with Gasteiger partial charge in [0.2, 0.25) is 10.0 Å². The van der Waals surface area contributed by atoms with Gasteiger partial charge in [0.05, 0.1) is 0 Å². The van der Waals surface area contributed by atoms with Gasteiger partial charge in [0.15, 0.2) is 0 Å². The van der Waals surface area contributed by atoms with Crippen LogP contribution in [-0.4, -0.2) is 38.3 Å². The van der Waals surface area contributed by atoms with Gasteiger partial charge in [0.25, 0.3) is 5.91 Å². The standard InChI is InChI=1S/C17H21N3O3S2/c18-8-3-9-19-17(21)16-15(7-11-24-16)25(22,23)20-10-6-13-4-1-2-5-14(13)12-20/h1-2,4-5,7,11H,3,6,8-10,12,18H2,(H,19,21). The lowest BCUT2D eigenvalue weighted by Crippen LogP contribution is -2.37. The number of hydrogen-bond donors (Lipinski definition) is 2. The van der Waals surface area contributed by atoms with Crippen LogP contribution in [0.3, 0.4) is 0 Å². The van der Waals surface area contributed by atoms with Crippen LogP contribution >= 0.6 is 11.3 Å². The average molecular weight is 380 g/mol. The van der Waals surface area contributed by atoms with E-state index in [2.05, 4.69) is 5.32 Å². The highest BCUT2D eigenvalue weighted by Crippen LogP contribution is 2.29. The molecular formula is C17H21N3O3S2. The molecule has 25 heavy (non-hydrogen) atoms. The first-order valence-electron chi connectivity index (χ1n) is 8.16. The van der Waals surface area contributed by atoms with E-state index in [4.69, 9.17) is 5.73 Å². The molecule has 1 aromatic carbocycles. The van der Waals surface area contributed by atoms with Crippen molar-refractivity contribution in [2.45, 2.75) is 24.3 Å². The van der Waals surface area contributed by atoms with E-state index >= 15 is 0 Å². The monoisotopic (exact) mass is 379 g/mol. The minimum atomic E-state index is -3.71. The molecule has 1 amide bonds. The Morgan fingerprint density at radius 3 is 2.76 bits per heavy atom. The number of carbonyl (C=O) groups is 1. The Morgan fingerprint density at radius 2 is 2.00 bits per heavy atom. The van der Waals surface area contributed by atoms with Crippen LogP contribution in [0.15, 0.2) is 40.6 Å². The van der Waals surface area contributed by atoms with Gasteiger partial charge in [-0.2, -0.15) is 4.31 Å². The topological polar surface area (TPSA) is 92.5 Å². The summed E-state index contributed by atoms with van der Waals surface area (Å²) in [6.07, 6.45) is 1.33. The summed E-state index contributed by atoms with van der Waals surface area (Å²) in [4.78, 5) is 12.6. The summed E-state index contributed by atoms with van der Waals surface area (Å²) in [7, 11) is -3.71. The molecule has 1 aliphatic heterocycles. The second-order valence-corrected chi connectivity index (χ2v) is 8.69. The van der Waals surface area contributed by atoms with Gasteiger partial charge < -0.3 is 11.1 Å². The van der Waals surface area contributed by atoms with Crippen molar-refractivity contribution < 1.29 is 13.2 Å². The van der Waals surface area contributed by atoms with Crippen molar-refractivity contribution >= 4 is 27.3 Å². The van der Waals surface area contributed by atoms with E-state index in [9.17, 15) is 13.2 Å².